The predicted octanol–water partition coefficient (Wildman–Crippen LogP) is 3.90. The fourth-order valence-electron chi connectivity index (χ4n) is 5.07. The molecule has 0 radical (unpaired) electrons. The van der Waals surface area contributed by atoms with Gasteiger partial charge in [0.05, 0.1) is 34.8 Å². The number of aliphatic hydroxyl groups excluding tert-OH is 1. The number of carbonyl (C=O) groups excluding carboxylic acids is 1. The quantitative estimate of drug-likeness (QED) is 0.673. The minimum atomic E-state index is -0.824. The fraction of sp³-hybridized carbons (Fsp3) is 0.583. The van der Waals surface area contributed by atoms with E-state index in [0.29, 0.717) is 17.8 Å². The van der Waals surface area contributed by atoms with Crippen molar-refractivity contribution >= 4 is 11.6 Å². The van der Waals surface area contributed by atoms with E-state index < -0.39 is 17.8 Å². The number of halogens is 1. The molecule has 4 N–H and O–H groups in total. The van der Waals surface area contributed by atoms with Gasteiger partial charge in [0.2, 0.25) is 0 Å². The molecule has 4 rings (SSSR count). The zero-order valence-corrected chi connectivity index (χ0v) is 18.7. The Balaban J connectivity index is 1.81. The number of carbonyl (C=O) groups is 1. The third-order valence-corrected chi connectivity index (χ3v) is 6.84. The first kappa shape index (κ1) is 21.8. The van der Waals surface area contributed by atoms with Crippen LogP contribution in [-0.2, 0) is 19.3 Å². The molecule has 7 heteroatoms. The molecule has 6 nitrogen and oxygen atoms in total. The molecular formula is C24H33FN4O2. The van der Waals surface area contributed by atoms with Gasteiger partial charge in [0, 0.05) is 11.8 Å². The van der Waals surface area contributed by atoms with Crippen molar-refractivity contribution in [1.29, 1.82) is 0 Å². The average Bonchev–Trinajstić information content (AvgIpc) is 3.05. The van der Waals surface area contributed by atoms with Crippen LogP contribution in [0.25, 0.3) is 5.69 Å². The second-order valence-corrected chi connectivity index (χ2v) is 9.80. The summed E-state index contributed by atoms with van der Waals surface area (Å²) >= 11 is 0. The highest BCUT2D eigenvalue weighted by Crippen LogP contribution is 2.38. The highest BCUT2D eigenvalue weighted by molar-refractivity contribution is 5.99. The summed E-state index contributed by atoms with van der Waals surface area (Å²) in [7, 11) is 0. The SMILES string of the molecule is CCc1nn(-c2cc(F)c(C(N)=O)c(N[C@H]3CCCC[C@@H]3O)c2)c2c1CCC(C)(C)C2. The molecule has 2 aliphatic rings. The predicted molar refractivity (Wildman–Crippen MR) is 119 cm³/mol. The smallest absolute Gasteiger partial charge is 0.253 e. The van der Waals surface area contributed by atoms with Crippen LogP contribution in [-0.4, -0.2) is 32.9 Å². The lowest BCUT2D eigenvalue weighted by Crippen LogP contribution is -2.37. The first-order chi connectivity index (χ1) is 14.7. The maximum atomic E-state index is 15.1. The number of primary amides is 1. The molecule has 1 aromatic carbocycles. The number of nitrogens with zero attached hydrogens (tertiary/aromatic N) is 2. The number of amides is 1. The molecule has 1 aromatic heterocycles. The second-order valence-electron chi connectivity index (χ2n) is 9.80. The summed E-state index contributed by atoms with van der Waals surface area (Å²) < 4.78 is 17.0. The maximum absolute atomic E-state index is 15.1. The maximum Gasteiger partial charge on any atom is 0.253 e. The molecule has 1 amide bonds. The third-order valence-electron chi connectivity index (χ3n) is 6.84. The molecule has 0 saturated heterocycles. The van der Waals surface area contributed by atoms with Crippen molar-refractivity contribution in [2.45, 2.75) is 84.3 Å². The van der Waals surface area contributed by atoms with Gasteiger partial charge in [-0.2, -0.15) is 5.10 Å². The van der Waals surface area contributed by atoms with Crippen molar-refractivity contribution in [3.63, 3.8) is 0 Å². The number of benzene rings is 1. The lowest BCUT2D eigenvalue weighted by atomic mass is 9.76. The number of anilines is 1. The first-order valence-corrected chi connectivity index (χ1v) is 11.4. The van der Waals surface area contributed by atoms with Crippen molar-refractivity contribution in [3.05, 3.63) is 40.5 Å². The van der Waals surface area contributed by atoms with E-state index in [1.54, 1.807) is 6.07 Å². The van der Waals surface area contributed by atoms with Gasteiger partial charge in [-0.1, -0.05) is 33.6 Å². The lowest BCUT2D eigenvalue weighted by Gasteiger charge is -2.31. The summed E-state index contributed by atoms with van der Waals surface area (Å²) in [5.41, 5.74) is 9.81. The molecule has 0 unspecified atom stereocenters. The van der Waals surface area contributed by atoms with E-state index in [1.165, 1.54) is 11.6 Å². The second kappa shape index (κ2) is 8.26. The zero-order valence-electron chi connectivity index (χ0n) is 18.7. The van der Waals surface area contributed by atoms with Crippen LogP contribution in [0.5, 0.6) is 0 Å². The Bertz CT molecular complexity index is 998. The molecule has 1 heterocycles. The van der Waals surface area contributed by atoms with Crippen LogP contribution in [0.4, 0.5) is 10.1 Å². The Kier molecular flexibility index (Phi) is 5.81. The normalized spacial score (nSPS) is 22.7. The third kappa shape index (κ3) is 4.20. The van der Waals surface area contributed by atoms with Crippen molar-refractivity contribution in [1.82, 2.24) is 9.78 Å². The summed E-state index contributed by atoms with van der Waals surface area (Å²) in [5, 5.41) is 18.4. The molecule has 168 valence electrons. The number of nitrogens with one attached hydrogen (secondary N) is 1. The van der Waals surface area contributed by atoms with Crippen LogP contribution < -0.4 is 11.1 Å². The number of hydrogen-bond donors (Lipinski definition) is 3. The average molecular weight is 429 g/mol. The van der Waals surface area contributed by atoms with Crippen LogP contribution in [0.3, 0.4) is 0 Å². The van der Waals surface area contributed by atoms with Gasteiger partial charge in [-0.05, 0) is 55.6 Å². The number of aryl methyl sites for hydroxylation is 1. The highest BCUT2D eigenvalue weighted by Gasteiger charge is 2.32. The monoisotopic (exact) mass is 428 g/mol. The van der Waals surface area contributed by atoms with Gasteiger partial charge in [-0.15, -0.1) is 0 Å². The van der Waals surface area contributed by atoms with Crippen LogP contribution >= 0.6 is 0 Å². The summed E-state index contributed by atoms with van der Waals surface area (Å²) in [6.07, 6.45) is 6.59. The number of aliphatic hydroxyl groups is 1. The number of fused-ring (bicyclic) bond motifs is 1. The summed E-state index contributed by atoms with van der Waals surface area (Å²) in [6, 6.07) is 2.86. The molecule has 0 bridgehead atoms. The Labute approximate surface area is 183 Å². The van der Waals surface area contributed by atoms with E-state index >= 15 is 4.39 Å². The molecule has 2 atom stereocenters. The molecule has 2 aliphatic carbocycles. The number of rotatable bonds is 5. The molecule has 1 saturated carbocycles. The molecular weight excluding hydrogens is 395 g/mol. The molecule has 1 fully saturated rings. The summed E-state index contributed by atoms with van der Waals surface area (Å²) in [4.78, 5) is 12.0. The molecule has 0 spiro atoms. The molecule has 0 aliphatic heterocycles. The Morgan fingerprint density at radius 1 is 1.35 bits per heavy atom. The lowest BCUT2D eigenvalue weighted by molar-refractivity contribution is 0.0995. The topological polar surface area (TPSA) is 93.2 Å². The van der Waals surface area contributed by atoms with E-state index in [1.807, 2.05) is 4.68 Å². The van der Waals surface area contributed by atoms with Crippen molar-refractivity contribution < 1.29 is 14.3 Å². The summed E-state index contributed by atoms with van der Waals surface area (Å²) in [6.45, 7) is 6.57. The van der Waals surface area contributed by atoms with Crippen molar-refractivity contribution in [2.24, 2.45) is 11.1 Å². The van der Waals surface area contributed by atoms with Gasteiger partial charge in [0.1, 0.15) is 5.82 Å². The molecule has 31 heavy (non-hydrogen) atoms. The minimum Gasteiger partial charge on any atom is -0.391 e. The van der Waals surface area contributed by atoms with Crippen LogP contribution in [0.15, 0.2) is 12.1 Å². The van der Waals surface area contributed by atoms with Crippen molar-refractivity contribution in [2.75, 3.05) is 5.32 Å². The van der Waals surface area contributed by atoms with Gasteiger partial charge < -0.3 is 16.2 Å². The van der Waals surface area contributed by atoms with Crippen LogP contribution in [0, 0.1) is 11.2 Å². The van der Waals surface area contributed by atoms with Gasteiger partial charge in [0.15, 0.2) is 0 Å². The van der Waals surface area contributed by atoms with E-state index in [4.69, 9.17) is 10.8 Å². The zero-order chi connectivity index (χ0) is 22.3. The highest BCUT2D eigenvalue weighted by atomic mass is 19.1. The molecule has 2 aromatic rings. The Morgan fingerprint density at radius 3 is 2.77 bits per heavy atom. The minimum absolute atomic E-state index is 0.148. The first-order valence-electron chi connectivity index (χ1n) is 11.4. The van der Waals surface area contributed by atoms with E-state index in [0.717, 1.165) is 56.3 Å². The van der Waals surface area contributed by atoms with Crippen molar-refractivity contribution in [3.8, 4) is 5.69 Å². The Morgan fingerprint density at radius 2 is 2.10 bits per heavy atom. The Hall–Kier alpha value is -2.41. The van der Waals surface area contributed by atoms with E-state index in [9.17, 15) is 9.90 Å². The number of nitrogens with two attached hydrogens (primary N) is 1. The van der Waals surface area contributed by atoms with Gasteiger partial charge in [-0.3, -0.25) is 4.79 Å². The standard InChI is InChI=1S/C24H33FN4O2/c1-4-17-15-9-10-24(2,3)13-20(15)29(28-17)14-11-16(25)22(23(26)31)19(12-14)27-18-7-5-6-8-21(18)30/h11-12,18,21,27,30H,4-10,13H2,1-3H3,(H2,26,31)/t18-,21-/m0/s1. The van der Waals surface area contributed by atoms with Crippen LogP contribution in [0.2, 0.25) is 0 Å². The van der Waals surface area contributed by atoms with E-state index in [-0.39, 0.29) is 17.0 Å². The van der Waals surface area contributed by atoms with E-state index in [2.05, 4.69) is 26.1 Å². The van der Waals surface area contributed by atoms with Crippen LogP contribution in [0.1, 0.15) is 80.2 Å². The largest absolute Gasteiger partial charge is 0.391 e. The summed E-state index contributed by atoms with van der Waals surface area (Å²) in [5.74, 6) is -1.50. The number of hydrogen-bond acceptors (Lipinski definition) is 4. The van der Waals surface area contributed by atoms with Gasteiger partial charge >= 0.3 is 0 Å². The van der Waals surface area contributed by atoms with Gasteiger partial charge in [0.25, 0.3) is 5.91 Å². The number of aromatic nitrogens is 2. The van der Waals surface area contributed by atoms with Gasteiger partial charge in [-0.25, -0.2) is 9.07 Å². The fourth-order valence-corrected chi connectivity index (χ4v) is 5.07.